The second-order valence-electron chi connectivity index (χ2n) is 5.69. The molecule has 1 rings (SSSR count). The first-order chi connectivity index (χ1) is 10.2. The van der Waals surface area contributed by atoms with E-state index in [1.165, 1.54) is 6.07 Å². The predicted octanol–water partition coefficient (Wildman–Crippen LogP) is 4.16. The van der Waals surface area contributed by atoms with Crippen LogP contribution in [0, 0.1) is 0 Å². The molecule has 0 spiro atoms. The summed E-state index contributed by atoms with van der Waals surface area (Å²) in [6, 6.07) is 2.90. The lowest BCUT2D eigenvalue weighted by Gasteiger charge is -2.29. The summed E-state index contributed by atoms with van der Waals surface area (Å²) in [6.07, 6.45) is -0.541. The monoisotopic (exact) mass is 334 g/mol. The normalized spacial score (nSPS) is 14.9. The van der Waals surface area contributed by atoms with Crippen molar-refractivity contribution in [3.63, 3.8) is 0 Å². The summed E-state index contributed by atoms with van der Waals surface area (Å²) in [5, 5.41) is 3.06. The summed E-state index contributed by atoms with van der Waals surface area (Å²) in [5.41, 5.74) is 6.73. The number of benzene rings is 1. The smallest absolute Gasteiger partial charge is 0.322 e. The number of nitrogens with two attached hydrogens (primary N) is 1. The van der Waals surface area contributed by atoms with Crippen LogP contribution in [-0.4, -0.2) is 19.8 Å². The van der Waals surface area contributed by atoms with Crippen molar-refractivity contribution in [3.05, 3.63) is 28.8 Å². The molecule has 0 heterocycles. The van der Waals surface area contributed by atoms with Crippen molar-refractivity contribution < 1.29 is 13.2 Å². The van der Waals surface area contributed by atoms with E-state index in [9.17, 15) is 13.2 Å². The summed E-state index contributed by atoms with van der Waals surface area (Å²) in [6.45, 7) is 4.60. The molecular formula is C16H25F3N2S. The molecule has 6 heteroatoms. The fourth-order valence-electron chi connectivity index (χ4n) is 2.61. The largest absolute Gasteiger partial charge is 0.417 e. The fraction of sp³-hybridized carbons (Fsp3) is 0.625. The van der Waals surface area contributed by atoms with Gasteiger partial charge in [-0.3, -0.25) is 0 Å². The highest BCUT2D eigenvalue weighted by atomic mass is 32.2. The van der Waals surface area contributed by atoms with Crippen LogP contribution < -0.4 is 11.1 Å². The van der Waals surface area contributed by atoms with E-state index in [-0.39, 0.29) is 4.90 Å². The van der Waals surface area contributed by atoms with Gasteiger partial charge in [-0.05, 0) is 69.3 Å². The summed E-state index contributed by atoms with van der Waals surface area (Å²) >= 11 is 1.11. The molecule has 22 heavy (non-hydrogen) atoms. The molecule has 0 saturated heterocycles. The summed E-state index contributed by atoms with van der Waals surface area (Å²) in [5.74, 6) is 0. The first kappa shape index (κ1) is 19.3. The number of nitrogens with one attached hydrogen (secondary N) is 1. The third-order valence-electron chi connectivity index (χ3n) is 3.85. The summed E-state index contributed by atoms with van der Waals surface area (Å²) in [4.78, 5) is 0.241. The molecule has 0 bridgehead atoms. The van der Waals surface area contributed by atoms with Gasteiger partial charge in [0, 0.05) is 10.4 Å². The van der Waals surface area contributed by atoms with Gasteiger partial charge in [-0.2, -0.15) is 13.2 Å². The van der Waals surface area contributed by atoms with Crippen molar-refractivity contribution in [2.24, 2.45) is 5.73 Å². The average Bonchev–Trinajstić information content (AvgIpc) is 2.44. The van der Waals surface area contributed by atoms with Gasteiger partial charge >= 0.3 is 6.18 Å². The Kier molecular flexibility index (Phi) is 6.77. The van der Waals surface area contributed by atoms with Crippen molar-refractivity contribution in [2.75, 3.05) is 19.8 Å². The Bertz CT molecular complexity index is 499. The van der Waals surface area contributed by atoms with E-state index >= 15 is 0 Å². The van der Waals surface area contributed by atoms with E-state index < -0.39 is 17.3 Å². The predicted molar refractivity (Wildman–Crippen MR) is 87.3 cm³/mol. The van der Waals surface area contributed by atoms with Crippen LogP contribution in [0.2, 0.25) is 0 Å². The lowest BCUT2D eigenvalue weighted by molar-refractivity contribution is -0.139. The molecule has 1 unspecified atom stereocenters. The molecule has 0 aromatic heterocycles. The van der Waals surface area contributed by atoms with Crippen LogP contribution in [0.15, 0.2) is 17.0 Å². The molecular weight excluding hydrogens is 309 g/mol. The molecule has 2 nitrogen and oxygen atoms in total. The second kappa shape index (κ2) is 7.70. The van der Waals surface area contributed by atoms with Crippen LogP contribution in [-0.2, 0) is 18.1 Å². The van der Waals surface area contributed by atoms with Crippen LogP contribution in [0.1, 0.15) is 43.4 Å². The van der Waals surface area contributed by atoms with E-state index in [4.69, 9.17) is 5.73 Å². The first-order valence-corrected chi connectivity index (χ1v) is 8.62. The van der Waals surface area contributed by atoms with Crippen LogP contribution in [0.4, 0.5) is 13.2 Å². The fourth-order valence-corrected chi connectivity index (χ4v) is 3.24. The van der Waals surface area contributed by atoms with Crippen LogP contribution >= 0.6 is 11.8 Å². The average molecular weight is 334 g/mol. The van der Waals surface area contributed by atoms with Gasteiger partial charge in [-0.1, -0.05) is 6.92 Å². The zero-order chi connectivity index (χ0) is 17.0. The maximum Gasteiger partial charge on any atom is 0.417 e. The molecule has 3 N–H and O–H groups in total. The molecule has 0 amide bonds. The first-order valence-electron chi connectivity index (χ1n) is 7.39. The SMILES string of the molecule is CCc1cc(C(F)(F)F)c(SC)cc1C(C)(N)CCCNC. The number of halogens is 3. The van der Waals surface area contributed by atoms with E-state index in [0.29, 0.717) is 12.0 Å². The van der Waals surface area contributed by atoms with Crippen LogP contribution in [0.5, 0.6) is 0 Å². The second-order valence-corrected chi connectivity index (χ2v) is 6.53. The lowest BCUT2D eigenvalue weighted by Crippen LogP contribution is -2.35. The Labute approximate surface area is 135 Å². The van der Waals surface area contributed by atoms with Gasteiger partial charge in [-0.25, -0.2) is 0 Å². The highest BCUT2D eigenvalue weighted by Crippen LogP contribution is 2.40. The third kappa shape index (κ3) is 4.64. The highest BCUT2D eigenvalue weighted by Gasteiger charge is 2.35. The van der Waals surface area contributed by atoms with Crippen LogP contribution in [0.25, 0.3) is 0 Å². The Morgan fingerprint density at radius 1 is 1.23 bits per heavy atom. The molecule has 0 aliphatic heterocycles. The van der Waals surface area contributed by atoms with Crippen molar-refractivity contribution >= 4 is 11.8 Å². The number of alkyl halides is 3. The van der Waals surface area contributed by atoms with Crippen molar-refractivity contribution in [1.29, 1.82) is 0 Å². The van der Waals surface area contributed by atoms with E-state index in [2.05, 4.69) is 5.32 Å². The number of hydrogen-bond acceptors (Lipinski definition) is 3. The molecule has 126 valence electrons. The molecule has 0 aliphatic rings. The van der Waals surface area contributed by atoms with Gasteiger partial charge in [0.1, 0.15) is 0 Å². The molecule has 1 aromatic carbocycles. The number of thioether (sulfide) groups is 1. The number of rotatable bonds is 7. The van der Waals surface area contributed by atoms with Crippen molar-refractivity contribution in [1.82, 2.24) is 5.32 Å². The topological polar surface area (TPSA) is 38.0 Å². The van der Waals surface area contributed by atoms with Gasteiger partial charge in [0.2, 0.25) is 0 Å². The minimum absolute atomic E-state index is 0.241. The summed E-state index contributed by atoms with van der Waals surface area (Å²) in [7, 11) is 1.87. The van der Waals surface area contributed by atoms with E-state index in [1.54, 1.807) is 12.3 Å². The molecule has 0 saturated carbocycles. The molecule has 1 aromatic rings. The molecule has 0 radical (unpaired) electrons. The zero-order valence-electron chi connectivity index (χ0n) is 13.6. The Hall–Kier alpha value is -0.720. The molecule has 0 fully saturated rings. The van der Waals surface area contributed by atoms with E-state index in [0.717, 1.165) is 36.7 Å². The Morgan fingerprint density at radius 2 is 1.86 bits per heavy atom. The van der Waals surface area contributed by atoms with Gasteiger partial charge in [0.25, 0.3) is 0 Å². The minimum Gasteiger partial charge on any atom is -0.322 e. The van der Waals surface area contributed by atoms with E-state index in [1.807, 2.05) is 20.9 Å². The Morgan fingerprint density at radius 3 is 2.32 bits per heavy atom. The molecule has 0 aliphatic carbocycles. The van der Waals surface area contributed by atoms with Crippen molar-refractivity contribution in [3.8, 4) is 0 Å². The van der Waals surface area contributed by atoms with Gasteiger partial charge in [0.05, 0.1) is 5.56 Å². The maximum atomic E-state index is 13.2. The van der Waals surface area contributed by atoms with Crippen LogP contribution in [0.3, 0.4) is 0 Å². The standard InChI is InChI=1S/C16H25F3N2S/c1-5-11-9-13(16(17,18)19)14(22-4)10-12(11)15(2,20)7-6-8-21-3/h9-10,21H,5-8,20H2,1-4H3. The van der Waals surface area contributed by atoms with Gasteiger partial charge in [-0.15, -0.1) is 11.8 Å². The number of aryl methyl sites for hydroxylation is 1. The van der Waals surface area contributed by atoms with Crippen molar-refractivity contribution in [2.45, 2.75) is 49.7 Å². The van der Waals surface area contributed by atoms with Gasteiger partial charge in [0.15, 0.2) is 0 Å². The third-order valence-corrected chi connectivity index (χ3v) is 4.63. The zero-order valence-corrected chi connectivity index (χ0v) is 14.4. The minimum atomic E-state index is -4.34. The maximum absolute atomic E-state index is 13.2. The number of hydrogen-bond donors (Lipinski definition) is 2. The van der Waals surface area contributed by atoms with Gasteiger partial charge < -0.3 is 11.1 Å². The Balaban J connectivity index is 3.30. The highest BCUT2D eigenvalue weighted by molar-refractivity contribution is 7.98. The quantitative estimate of drug-likeness (QED) is 0.581. The summed E-state index contributed by atoms with van der Waals surface area (Å²) < 4.78 is 39.5. The molecule has 1 atom stereocenters. The lowest BCUT2D eigenvalue weighted by atomic mass is 9.83.